The molecule has 0 aliphatic heterocycles. The van der Waals surface area contributed by atoms with E-state index in [0.29, 0.717) is 25.8 Å². The fraction of sp³-hybridized carbons (Fsp3) is 0.818. The van der Waals surface area contributed by atoms with Crippen LogP contribution in [0.3, 0.4) is 0 Å². The molecule has 0 heterocycles. The molecule has 0 aliphatic rings. The SMILES string of the molecule is COC(=O)CCCCCNC(=O)COCC(F)(F)F. The molecule has 0 rings (SSSR count). The molecule has 1 N–H and O–H groups in total. The van der Waals surface area contributed by atoms with Crippen LogP contribution in [0.4, 0.5) is 13.2 Å². The van der Waals surface area contributed by atoms with Crippen LogP contribution in [-0.4, -0.2) is 44.9 Å². The number of halogens is 3. The first-order valence-corrected chi connectivity index (χ1v) is 5.83. The molecule has 0 spiro atoms. The molecule has 0 aliphatic carbocycles. The van der Waals surface area contributed by atoms with Gasteiger partial charge in [0.05, 0.1) is 7.11 Å². The molecule has 0 saturated heterocycles. The van der Waals surface area contributed by atoms with Gasteiger partial charge in [0.1, 0.15) is 13.2 Å². The number of nitrogens with one attached hydrogen (secondary N) is 1. The zero-order chi connectivity index (χ0) is 14.7. The summed E-state index contributed by atoms with van der Waals surface area (Å²) >= 11 is 0. The molecule has 0 unspecified atom stereocenters. The van der Waals surface area contributed by atoms with Crippen LogP contribution in [0.5, 0.6) is 0 Å². The Morgan fingerprint density at radius 1 is 1.16 bits per heavy atom. The normalized spacial score (nSPS) is 11.2. The number of esters is 1. The van der Waals surface area contributed by atoms with Gasteiger partial charge in [0.25, 0.3) is 0 Å². The van der Waals surface area contributed by atoms with Crippen molar-refractivity contribution in [3.63, 3.8) is 0 Å². The zero-order valence-corrected chi connectivity index (χ0v) is 10.7. The number of amides is 1. The number of alkyl halides is 3. The molecular formula is C11H18F3NO4. The van der Waals surface area contributed by atoms with Crippen LogP contribution in [0.2, 0.25) is 0 Å². The Bertz CT molecular complexity index is 282. The Balaban J connectivity index is 3.37. The number of carbonyl (C=O) groups is 2. The molecule has 0 aromatic carbocycles. The molecule has 0 radical (unpaired) electrons. The van der Waals surface area contributed by atoms with E-state index in [1.807, 2.05) is 0 Å². The van der Waals surface area contributed by atoms with E-state index in [1.54, 1.807) is 0 Å². The molecule has 112 valence electrons. The lowest BCUT2D eigenvalue weighted by Crippen LogP contribution is -2.30. The van der Waals surface area contributed by atoms with E-state index in [1.165, 1.54) is 7.11 Å². The molecule has 8 heteroatoms. The summed E-state index contributed by atoms with van der Waals surface area (Å²) in [6.07, 6.45) is -2.10. The highest BCUT2D eigenvalue weighted by Crippen LogP contribution is 2.13. The van der Waals surface area contributed by atoms with Crippen LogP contribution in [0.15, 0.2) is 0 Å². The average molecular weight is 285 g/mol. The van der Waals surface area contributed by atoms with Crippen LogP contribution >= 0.6 is 0 Å². The minimum absolute atomic E-state index is 0.287. The standard InChI is InChI=1S/C11H18F3NO4/c1-18-10(17)5-3-2-4-6-15-9(16)7-19-8-11(12,13)14/h2-8H2,1H3,(H,15,16). The average Bonchev–Trinajstić information content (AvgIpc) is 2.31. The Morgan fingerprint density at radius 3 is 2.42 bits per heavy atom. The van der Waals surface area contributed by atoms with Crippen molar-refractivity contribution < 1.29 is 32.2 Å². The monoisotopic (exact) mass is 285 g/mol. The lowest BCUT2D eigenvalue weighted by molar-refractivity contribution is -0.175. The van der Waals surface area contributed by atoms with E-state index in [9.17, 15) is 22.8 Å². The van der Waals surface area contributed by atoms with E-state index < -0.39 is 25.3 Å². The van der Waals surface area contributed by atoms with Gasteiger partial charge < -0.3 is 14.8 Å². The van der Waals surface area contributed by atoms with Crippen molar-refractivity contribution in [3.8, 4) is 0 Å². The fourth-order valence-electron chi connectivity index (χ4n) is 1.21. The second-order valence-electron chi connectivity index (χ2n) is 3.84. The molecular weight excluding hydrogens is 267 g/mol. The third-order valence-electron chi connectivity index (χ3n) is 2.11. The Hall–Kier alpha value is -1.31. The largest absolute Gasteiger partial charge is 0.469 e. The molecule has 0 bridgehead atoms. The van der Waals surface area contributed by atoms with Gasteiger partial charge >= 0.3 is 12.1 Å². The van der Waals surface area contributed by atoms with Crippen molar-refractivity contribution in [1.29, 1.82) is 0 Å². The Kier molecular flexibility index (Phi) is 8.94. The Labute approximate surface area is 109 Å². The van der Waals surface area contributed by atoms with Crippen LogP contribution < -0.4 is 5.32 Å². The summed E-state index contributed by atoms with van der Waals surface area (Å²) in [5, 5.41) is 2.42. The van der Waals surface area contributed by atoms with E-state index in [0.717, 1.165) is 6.42 Å². The first kappa shape index (κ1) is 17.7. The van der Waals surface area contributed by atoms with Crippen LogP contribution in [0.1, 0.15) is 25.7 Å². The first-order chi connectivity index (χ1) is 8.85. The van der Waals surface area contributed by atoms with Crippen molar-refractivity contribution in [3.05, 3.63) is 0 Å². The quantitative estimate of drug-likeness (QED) is 0.514. The summed E-state index contributed by atoms with van der Waals surface area (Å²) < 4.78 is 43.7. The van der Waals surface area contributed by atoms with Gasteiger partial charge in [0.2, 0.25) is 5.91 Å². The first-order valence-electron chi connectivity index (χ1n) is 5.83. The molecule has 0 aromatic rings. The number of carbonyl (C=O) groups excluding carboxylic acids is 2. The van der Waals surface area contributed by atoms with Crippen LogP contribution in [0, 0.1) is 0 Å². The van der Waals surface area contributed by atoms with Gasteiger partial charge in [-0.2, -0.15) is 13.2 Å². The second-order valence-corrected chi connectivity index (χ2v) is 3.84. The van der Waals surface area contributed by atoms with Gasteiger partial charge in [0.15, 0.2) is 0 Å². The van der Waals surface area contributed by atoms with Gasteiger partial charge in [0, 0.05) is 13.0 Å². The van der Waals surface area contributed by atoms with E-state index >= 15 is 0 Å². The molecule has 19 heavy (non-hydrogen) atoms. The number of unbranched alkanes of at least 4 members (excludes halogenated alkanes) is 2. The third kappa shape index (κ3) is 12.9. The second kappa shape index (κ2) is 9.60. The van der Waals surface area contributed by atoms with Gasteiger partial charge in [-0.25, -0.2) is 0 Å². The lowest BCUT2D eigenvalue weighted by Gasteiger charge is -2.08. The summed E-state index contributed by atoms with van der Waals surface area (Å²) in [5.41, 5.74) is 0. The minimum atomic E-state index is -4.42. The highest BCUT2D eigenvalue weighted by Gasteiger charge is 2.27. The van der Waals surface area contributed by atoms with E-state index in [-0.39, 0.29) is 5.97 Å². The number of methoxy groups -OCH3 is 1. The summed E-state index contributed by atoms with van der Waals surface area (Å²) in [4.78, 5) is 21.8. The number of ether oxygens (including phenoxy) is 2. The lowest BCUT2D eigenvalue weighted by atomic mass is 10.2. The van der Waals surface area contributed by atoms with Crippen molar-refractivity contribution in [2.45, 2.75) is 31.9 Å². The fourth-order valence-corrected chi connectivity index (χ4v) is 1.21. The third-order valence-corrected chi connectivity index (χ3v) is 2.11. The van der Waals surface area contributed by atoms with Crippen LogP contribution in [0.25, 0.3) is 0 Å². The van der Waals surface area contributed by atoms with Crippen molar-refractivity contribution in [2.75, 3.05) is 26.9 Å². The van der Waals surface area contributed by atoms with Gasteiger partial charge in [-0.15, -0.1) is 0 Å². The Morgan fingerprint density at radius 2 is 1.84 bits per heavy atom. The molecule has 0 aromatic heterocycles. The van der Waals surface area contributed by atoms with Crippen molar-refractivity contribution in [1.82, 2.24) is 5.32 Å². The number of rotatable bonds is 9. The highest BCUT2D eigenvalue weighted by atomic mass is 19.4. The zero-order valence-electron chi connectivity index (χ0n) is 10.7. The molecule has 0 atom stereocenters. The topological polar surface area (TPSA) is 64.6 Å². The van der Waals surface area contributed by atoms with Crippen molar-refractivity contribution in [2.24, 2.45) is 0 Å². The maximum atomic E-state index is 11.7. The number of hydrogen-bond acceptors (Lipinski definition) is 4. The maximum Gasteiger partial charge on any atom is 0.411 e. The molecule has 5 nitrogen and oxygen atoms in total. The summed E-state index contributed by atoms with van der Waals surface area (Å²) in [7, 11) is 1.31. The molecule has 1 amide bonds. The maximum absolute atomic E-state index is 11.7. The van der Waals surface area contributed by atoms with E-state index in [4.69, 9.17) is 0 Å². The highest BCUT2D eigenvalue weighted by molar-refractivity contribution is 5.77. The van der Waals surface area contributed by atoms with Gasteiger partial charge in [-0.1, -0.05) is 6.42 Å². The van der Waals surface area contributed by atoms with E-state index in [2.05, 4.69) is 14.8 Å². The predicted molar refractivity (Wildman–Crippen MR) is 60.4 cm³/mol. The van der Waals surface area contributed by atoms with Gasteiger partial charge in [-0.3, -0.25) is 9.59 Å². The predicted octanol–water partition coefficient (Wildman–Crippen LogP) is 1.41. The number of hydrogen-bond donors (Lipinski definition) is 1. The van der Waals surface area contributed by atoms with Gasteiger partial charge in [-0.05, 0) is 12.8 Å². The minimum Gasteiger partial charge on any atom is -0.469 e. The summed E-state index contributed by atoms with van der Waals surface area (Å²) in [6.45, 7) is -1.70. The van der Waals surface area contributed by atoms with Crippen molar-refractivity contribution >= 4 is 11.9 Å². The van der Waals surface area contributed by atoms with Crippen LogP contribution in [-0.2, 0) is 19.1 Å². The summed E-state index contributed by atoms with van der Waals surface area (Å²) in [6, 6.07) is 0. The smallest absolute Gasteiger partial charge is 0.411 e. The molecule has 0 saturated carbocycles. The summed E-state index contributed by atoms with van der Waals surface area (Å²) in [5.74, 6) is -0.873. The molecule has 0 fully saturated rings.